The first-order chi connectivity index (χ1) is 17.0. The Bertz CT molecular complexity index is 1110. The Hall–Kier alpha value is -3.03. The third kappa shape index (κ3) is 5.97. The Morgan fingerprint density at radius 1 is 1.00 bits per heavy atom. The van der Waals surface area contributed by atoms with Crippen molar-refractivity contribution in [1.29, 1.82) is 0 Å². The molecule has 0 atom stereocenters. The quantitative estimate of drug-likeness (QED) is 0.421. The molecule has 3 aromatic rings. The van der Waals surface area contributed by atoms with Crippen molar-refractivity contribution in [2.24, 2.45) is 0 Å². The van der Waals surface area contributed by atoms with E-state index in [4.69, 9.17) is 14.0 Å². The number of rotatable bonds is 10. The summed E-state index contributed by atoms with van der Waals surface area (Å²) >= 11 is 0. The van der Waals surface area contributed by atoms with Crippen LogP contribution in [0.3, 0.4) is 0 Å². The van der Waals surface area contributed by atoms with Crippen molar-refractivity contribution < 1.29 is 14.0 Å². The predicted molar refractivity (Wildman–Crippen MR) is 141 cm³/mol. The Morgan fingerprint density at radius 2 is 1.80 bits per heavy atom. The van der Waals surface area contributed by atoms with Crippen molar-refractivity contribution in [2.75, 3.05) is 64.9 Å². The average Bonchev–Trinajstić information content (AvgIpc) is 3.34. The lowest BCUT2D eigenvalue weighted by atomic mass is 10.1. The number of piperazine rings is 1. The van der Waals surface area contributed by atoms with E-state index in [1.807, 2.05) is 24.3 Å². The van der Waals surface area contributed by atoms with E-state index >= 15 is 0 Å². The van der Waals surface area contributed by atoms with Crippen LogP contribution < -0.4 is 14.4 Å². The predicted octanol–water partition coefficient (Wildman–Crippen LogP) is 4.62. The number of nitrogens with zero attached hydrogens (tertiary/aromatic N) is 4. The molecule has 1 aliphatic heterocycles. The molecule has 7 heteroatoms. The zero-order chi connectivity index (χ0) is 24.8. The first kappa shape index (κ1) is 25.1. The molecule has 0 bridgehead atoms. The SMILES string of the molecule is CCN(CCN1CCN(c2ccc(C)cc2C)CC1)Cc1cc(-c2cccc(OC)c2OC)no1. The van der Waals surface area contributed by atoms with Crippen LogP contribution in [0, 0.1) is 13.8 Å². The van der Waals surface area contributed by atoms with E-state index in [0.717, 1.165) is 69.4 Å². The Balaban J connectivity index is 1.30. The summed E-state index contributed by atoms with van der Waals surface area (Å²) in [4.78, 5) is 7.49. The minimum atomic E-state index is 0.669. The standard InChI is InChI=1S/C28H38N4O3/c1-6-30(12-13-31-14-16-32(17-15-31)26-11-10-21(2)18-22(26)3)20-23-19-25(29-35-23)24-8-7-9-27(33-4)28(24)34-5/h7-11,18-19H,6,12-17,20H2,1-5H3. The zero-order valence-electron chi connectivity index (χ0n) is 21.7. The van der Waals surface area contributed by atoms with Gasteiger partial charge in [-0.15, -0.1) is 0 Å². The molecule has 35 heavy (non-hydrogen) atoms. The maximum atomic E-state index is 5.69. The van der Waals surface area contributed by atoms with Gasteiger partial charge in [0.2, 0.25) is 0 Å². The van der Waals surface area contributed by atoms with Crippen molar-refractivity contribution in [3.8, 4) is 22.8 Å². The fraction of sp³-hybridized carbons (Fsp3) is 0.464. The number of aryl methyl sites for hydroxylation is 2. The molecule has 7 nitrogen and oxygen atoms in total. The van der Waals surface area contributed by atoms with Crippen LogP contribution >= 0.6 is 0 Å². The lowest BCUT2D eigenvalue weighted by molar-refractivity contribution is 0.185. The summed E-state index contributed by atoms with van der Waals surface area (Å²) in [5.74, 6) is 2.20. The molecule has 0 radical (unpaired) electrons. The number of para-hydroxylation sites is 1. The summed E-state index contributed by atoms with van der Waals surface area (Å²) in [5.41, 5.74) is 5.69. The lowest BCUT2D eigenvalue weighted by Crippen LogP contribution is -2.48. The first-order valence-corrected chi connectivity index (χ1v) is 12.5. The summed E-state index contributed by atoms with van der Waals surface area (Å²) in [6, 6.07) is 14.5. The van der Waals surface area contributed by atoms with Gasteiger partial charge in [-0.2, -0.15) is 0 Å². The normalized spacial score (nSPS) is 14.5. The monoisotopic (exact) mass is 478 g/mol. The van der Waals surface area contributed by atoms with E-state index < -0.39 is 0 Å². The van der Waals surface area contributed by atoms with E-state index in [9.17, 15) is 0 Å². The van der Waals surface area contributed by atoms with Crippen LogP contribution in [0.5, 0.6) is 11.5 Å². The van der Waals surface area contributed by atoms with Crippen LogP contribution in [0.25, 0.3) is 11.3 Å². The lowest BCUT2D eigenvalue weighted by Gasteiger charge is -2.37. The van der Waals surface area contributed by atoms with Crippen LogP contribution in [0.2, 0.25) is 0 Å². The number of benzene rings is 2. The minimum Gasteiger partial charge on any atom is -0.493 e. The smallest absolute Gasteiger partial charge is 0.170 e. The highest BCUT2D eigenvalue weighted by Crippen LogP contribution is 2.37. The highest BCUT2D eigenvalue weighted by molar-refractivity contribution is 5.71. The van der Waals surface area contributed by atoms with E-state index in [-0.39, 0.29) is 0 Å². The van der Waals surface area contributed by atoms with E-state index in [1.54, 1.807) is 14.2 Å². The topological polar surface area (TPSA) is 54.2 Å². The van der Waals surface area contributed by atoms with Gasteiger partial charge in [0, 0.05) is 56.6 Å². The molecule has 1 aromatic heterocycles. The van der Waals surface area contributed by atoms with Gasteiger partial charge >= 0.3 is 0 Å². The summed E-state index contributed by atoms with van der Waals surface area (Å²) in [7, 11) is 3.28. The molecule has 1 fully saturated rings. The number of methoxy groups -OCH3 is 2. The second kappa shape index (κ2) is 11.6. The van der Waals surface area contributed by atoms with Crippen LogP contribution in [0.15, 0.2) is 47.0 Å². The molecule has 0 aliphatic carbocycles. The van der Waals surface area contributed by atoms with Gasteiger partial charge in [-0.1, -0.05) is 35.8 Å². The van der Waals surface area contributed by atoms with Gasteiger partial charge in [0.05, 0.1) is 20.8 Å². The summed E-state index contributed by atoms with van der Waals surface area (Å²) in [5, 5.41) is 4.30. The molecule has 0 spiro atoms. The van der Waals surface area contributed by atoms with Gasteiger partial charge in [-0.05, 0) is 44.2 Å². The first-order valence-electron chi connectivity index (χ1n) is 12.5. The van der Waals surface area contributed by atoms with Gasteiger partial charge in [-0.3, -0.25) is 9.80 Å². The van der Waals surface area contributed by atoms with Gasteiger partial charge in [0.1, 0.15) is 5.69 Å². The number of hydrogen-bond donors (Lipinski definition) is 0. The molecule has 1 aliphatic rings. The highest BCUT2D eigenvalue weighted by Gasteiger charge is 2.20. The summed E-state index contributed by atoms with van der Waals surface area (Å²) in [6.45, 7) is 14.6. The van der Waals surface area contributed by atoms with Gasteiger partial charge in [0.15, 0.2) is 17.3 Å². The summed E-state index contributed by atoms with van der Waals surface area (Å²) in [6.07, 6.45) is 0. The third-order valence-corrected chi connectivity index (χ3v) is 6.86. The molecule has 0 amide bonds. The Labute approximate surface area is 209 Å². The molecular formula is C28H38N4O3. The molecule has 0 unspecified atom stereocenters. The average molecular weight is 479 g/mol. The van der Waals surface area contributed by atoms with Crippen LogP contribution in [0.4, 0.5) is 5.69 Å². The number of anilines is 1. The maximum Gasteiger partial charge on any atom is 0.170 e. The number of hydrogen-bond acceptors (Lipinski definition) is 7. The van der Waals surface area contributed by atoms with E-state index in [2.05, 4.69) is 58.8 Å². The number of aromatic nitrogens is 1. The van der Waals surface area contributed by atoms with Crippen molar-refractivity contribution >= 4 is 5.69 Å². The van der Waals surface area contributed by atoms with Crippen LogP contribution in [-0.2, 0) is 6.54 Å². The minimum absolute atomic E-state index is 0.669. The van der Waals surface area contributed by atoms with Crippen molar-refractivity contribution in [3.63, 3.8) is 0 Å². The summed E-state index contributed by atoms with van der Waals surface area (Å²) < 4.78 is 16.7. The third-order valence-electron chi connectivity index (χ3n) is 6.86. The molecule has 1 saturated heterocycles. The van der Waals surface area contributed by atoms with Crippen LogP contribution in [-0.4, -0.2) is 75.0 Å². The Kier molecular flexibility index (Phi) is 8.31. The van der Waals surface area contributed by atoms with Gasteiger partial charge < -0.3 is 18.9 Å². The van der Waals surface area contributed by atoms with Gasteiger partial charge in [-0.25, -0.2) is 0 Å². The molecule has 188 valence electrons. The van der Waals surface area contributed by atoms with Crippen molar-refractivity contribution in [3.05, 3.63) is 59.4 Å². The molecule has 4 rings (SSSR count). The maximum absolute atomic E-state index is 5.69. The largest absolute Gasteiger partial charge is 0.493 e. The van der Waals surface area contributed by atoms with E-state index in [0.29, 0.717) is 11.5 Å². The van der Waals surface area contributed by atoms with Crippen LogP contribution in [0.1, 0.15) is 23.8 Å². The number of ether oxygens (including phenoxy) is 2. The fourth-order valence-corrected chi connectivity index (χ4v) is 4.83. The molecule has 0 saturated carbocycles. The molecule has 0 N–H and O–H groups in total. The molecular weight excluding hydrogens is 440 g/mol. The van der Waals surface area contributed by atoms with Gasteiger partial charge in [0.25, 0.3) is 0 Å². The highest BCUT2D eigenvalue weighted by atomic mass is 16.5. The van der Waals surface area contributed by atoms with Crippen molar-refractivity contribution in [1.82, 2.24) is 15.0 Å². The van der Waals surface area contributed by atoms with E-state index in [1.165, 1.54) is 16.8 Å². The number of likely N-dealkylation sites (N-methyl/N-ethyl adjacent to an activating group) is 1. The second-order valence-electron chi connectivity index (χ2n) is 9.21. The fourth-order valence-electron chi connectivity index (χ4n) is 4.83. The molecule has 2 aromatic carbocycles. The zero-order valence-corrected chi connectivity index (χ0v) is 21.7. The Morgan fingerprint density at radius 3 is 2.49 bits per heavy atom. The molecule has 2 heterocycles. The second-order valence-corrected chi connectivity index (χ2v) is 9.21. The van der Waals surface area contributed by atoms with Crippen molar-refractivity contribution in [2.45, 2.75) is 27.3 Å².